The van der Waals surface area contributed by atoms with Gasteiger partial charge in [0.05, 0.1) is 11.8 Å². The molecular formula is C14H17N3O4. The molecule has 0 unspecified atom stereocenters. The number of aromatic hydroxyl groups is 1. The summed E-state index contributed by atoms with van der Waals surface area (Å²) in [6.07, 6.45) is 1.18. The number of phenols is 1. The van der Waals surface area contributed by atoms with Crippen LogP contribution < -0.4 is 10.6 Å². The van der Waals surface area contributed by atoms with Crippen molar-refractivity contribution in [3.63, 3.8) is 0 Å². The van der Waals surface area contributed by atoms with E-state index in [1.54, 1.807) is 0 Å². The van der Waals surface area contributed by atoms with Crippen LogP contribution in [-0.4, -0.2) is 42.0 Å². The quantitative estimate of drug-likeness (QED) is 0.332. The van der Waals surface area contributed by atoms with Crippen molar-refractivity contribution >= 4 is 23.8 Å². The van der Waals surface area contributed by atoms with Crippen LogP contribution in [-0.2, 0) is 4.79 Å². The van der Waals surface area contributed by atoms with E-state index in [1.807, 2.05) is 0 Å². The largest absolute Gasteiger partial charge is 0.507 e. The van der Waals surface area contributed by atoms with Gasteiger partial charge >= 0.3 is 0 Å². The van der Waals surface area contributed by atoms with Crippen LogP contribution >= 0.6 is 0 Å². The molecule has 0 radical (unpaired) electrons. The van der Waals surface area contributed by atoms with Crippen molar-refractivity contribution in [1.29, 1.82) is 5.41 Å². The maximum absolute atomic E-state index is 11.8. The SMILES string of the molecule is CC(=O)NCCCNC(=O)c1ccc(C(=O)C=N)c(O)c1. The van der Waals surface area contributed by atoms with Crippen molar-refractivity contribution in [3.8, 4) is 5.75 Å². The van der Waals surface area contributed by atoms with Gasteiger partial charge in [-0.1, -0.05) is 0 Å². The summed E-state index contributed by atoms with van der Waals surface area (Å²) in [6.45, 7) is 2.26. The summed E-state index contributed by atoms with van der Waals surface area (Å²) in [7, 11) is 0. The number of hydrogen-bond donors (Lipinski definition) is 4. The average Bonchev–Trinajstić information content (AvgIpc) is 2.45. The highest BCUT2D eigenvalue weighted by atomic mass is 16.3. The van der Waals surface area contributed by atoms with Crippen molar-refractivity contribution in [2.45, 2.75) is 13.3 Å². The first kappa shape index (κ1) is 16.4. The molecule has 112 valence electrons. The summed E-state index contributed by atoms with van der Waals surface area (Å²) in [5.74, 6) is -1.48. The Bertz CT molecular complexity index is 569. The first-order valence-corrected chi connectivity index (χ1v) is 6.36. The lowest BCUT2D eigenvalue weighted by atomic mass is 10.1. The zero-order valence-electron chi connectivity index (χ0n) is 11.6. The van der Waals surface area contributed by atoms with Gasteiger partial charge in [0.15, 0.2) is 0 Å². The van der Waals surface area contributed by atoms with E-state index in [1.165, 1.54) is 25.1 Å². The summed E-state index contributed by atoms with van der Waals surface area (Å²) >= 11 is 0. The van der Waals surface area contributed by atoms with Crippen LogP contribution in [0.2, 0.25) is 0 Å². The van der Waals surface area contributed by atoms with E-state index in [0.29, 0.717) is 25.7 Å². The molecular weight excluding hydrogens is 274 g/mol. The first-order valence-electron chi connectivity index (χ1n) is 6.36. The standard InChI is InChI=1S/C14H17N3O4/c1-9(18)16-5-2-6-17-14(21)10-3-4-11(12(19)7-10)13(20)8-15/h3-4,7-8,15,19H,2,5-6H2,1H3,(H,16,18)(H,17,21). The van der Waals surface area contributed by atoms with Crippen molar-refractivity contribution in [2.24, 2.45) is 0 Å². The maximum Gasteiger partial charge on any atom is 0.251 e. The second-order valence-electron chi connectivity index (χ2n) is 4.33. The van der Waals surface area contributed by atoms with Gasteiger partial charge in [-0.15, -0.1) is 0 Å². The number of phenolic OH excluding ortho intramolecular Hbond substituents is 1. The molecule has 21 heavy (non-hydrogen) atoms. The summed E-state index contributed by atoms with van der Waals surface area (Å²) in [5.41, 5.74) is 0.195. The average molecular weight is 291 g/mol. The molecule has 0 fully saturated rings. The van der Waals surface area contributed by atoms with Crippen molar-refractivity contribution in [3.05, 3.63) is 29.3 Å². The van der Waals surface area contributed by atoms with Crippen molar-refractivity contribution in [1.82, 2.24) is 10.6 Å². The Morgan fingerprint density at radius 1 is 1.24 bits per heavy atom. The molecule has 0 saturated carbocycles. The molecule has 0 aliphatic rings. The molecule has 7 nitrogen and oxygen atoms in total. The first-order chi connectivity index (χ1) is 9.95. The minimum Gasteiger partial charge on any atom is -0.507 e. The normalized spacial score (nSPS) is 9.76. The second kappa shape index (κ2) is 7.78. The molecule has 0 spiro atoms. The Balaban J connectivity index is 2.55. The van der Waals surface area contributed by atoms with Crippen LogP contribution in [0, 0.1) is 5.41 Å². The van der Waals surface area contributed by atoms with Gasteiger partial charge in [0.2, 0.25) is 11.7 Å². The van der Waals surface area contributed by atoms with Crippen LogP contribution in [0.15, 0.2) is 18.2 Å². The molecule has 7 heteroatoms. The number of nitrogens with one attached hydrogen (secondary N) is 3. The third-order valence-corrected chi connectivity index (χ3v) is 2.67. The van der Waals surface area contributed by atoms with E-state index in [2.05, 4.69) is 10.6 Å². The number of amides is 2. The topological polar surface area (TPSA) is 119 Å². The number of carbonyl (C=O) groups is 3. The van der Waals surface area contributed by atoms with Gasteiger partial charge in [-0.3, -0.25) is 14.4 Å². The Labute approximate surface area is 121 Å². The van der Waals surface area contributed by atoms with Crippen molar-refractivity contribution < 1.29 is 19.5 Å². The molecule has 4 N–H and O–H groups in total. The van der Waals surface area contributed by atoms with Crippen LogP contribution in [0.3, 0.4) is 0 Å². The van der Waals surface area contributed by atoms with Crippen LogP contribution in [0.1, 0.15) is 34.1 Å². The van der Waals surface area contributed by atoms with Crippen LogP contribution in [0.5, 0.6) is 5.75 Å². The summed E-state index contributed by atoms with van der Waals surface area (Å²) in [6, 6.07) is 3.88. The Morgan fingerprint density at radius 3 is 2.48 bits per heavy atom. The predicted octanol–water partition coefficient (Wildman–Crippen LogP) is 0.480. The van der Waals surface area contributed by atoms with E-state index in [0.717, 1.165) is 0 Å². The number of Topliss-reactive ketones (excluding diaryl/α,β-unsaturated/α-hetero) is 1. The molecule has 1 aromatic rings. The van der Waals surface area contributed by atoms with E-state index in [4.69, 9.17) is 5.41 Å². The fraction of sp³-hybridized carbons (Fsp3) is 0.286. The smallest absolute Gasteiger partial charge is 0.251 e. The minimum absolute atomic E-state index is 0.0211. The lowest BCUT2D eigenvalue weighted by molar-refractivity contribution is -0.118. The van der Waals surface area contributed by atoms with Crippen LogP contribution in [0.25, 0.3) is 0 Å². The van der Waals surface area contributed by atoms with Gasteiger partial charge < -0.3 is 21.1 Å². The molecule has 0 aliphatic heterocycles. The lowest BCUT2D eigenvalue weighted by Gasteiger charge is -2.07. The number of rotatable bonds is 7. The predicted molar refractivity (Wildman–Crippen MR) is 76.9 cm³/mol. The molecule has 0 atom stereocenters. The zero-order valence-corrected chi connectivity index (χ0v) is 11.6. The molecule has 1 aromatic carbocycles. The number of ketones is 1. The molecule has 0 heterocycles. The highest BCUT2D eigenvalue weighted by Gasteiger charge is 2.12. The summed E-state index contributed by atoms with van der Waals surface area (Å²) in [5, 5.41) is 21.7. The second-order valence-corrected chi connectivity index (χ2v) is 4.33. The van der Waals surface area contributed by atoms with Gasteiger partial charge in [-0.05, 0) is 24.6 Å². The van der Waals surface area contributed by atoms with Gasteiger partial charge in [0.1, 0.15) is 5.75 Å². The summed E-state index contributed by atoms with van der Waals surface area (Å²) in [4.78, 5) is 33.7. The number of hydrogen-bond acceptors (Lipinski definition) is 5. The fourth-order valence-corrected chi connectivity index (χ4v) is 1.62. The Morgan fingerprint density at radius 2 is 1.90 bits per heavy atom. The van der Waals surface area contributed by atoms with Gasteiger partial charge in [0.25, 0.3) is 5.91 Å². The fourth-order valence-electron chi connectivity index (χ4n) is 1.62. The van der Waals surface area contributed by atoms with Gasteiger partial charge in [-0.25, -0.2) is 0 Å². The maximum atomic E-state index is 11.8. The van der Waals surface area contributed by atoms with E-state index < -0.39 is 5.78 Å². The third kappa shape index (κ3) is 5.06. The molecule has 1 rings (SSSR count). The summed E-state index contributed by atoms with van der Waals surface area (Å²) < 4.78 is 0. The monoisotopic (exact) mass is 291 g/mol. The highest BCUT2D eigenvalue weighted by molar-refractivity contribution is 6.35. The Hall–Kier alpha value is -2.70. The molecule has 0 bridgehead atoms. The molecule has 0 aliphatic carbocycles. The highest BCUT2D eigenvalue weighted by Crippen LogP contribution is 2.18. The van der Waals surface area contributed by atoms with Crippen molar-refractivity contribution in [2.75, 3.05) is 13.1 Å². The van der Waals surface area contributed by atoms with E-state index >= 15 is 0 Å². The number of benzene rings is 1. The zero-order chi connectivity index (χ0) is 15.8. The Kier molecular flexibility index (Phi) is 6.06. The molecule has 0 aromatic heterocycles. The van der Waals surface area contributed by atoms with E-state index in [-0.39, 0.29) is 28.7 Å². The van der Waals surface area contributed by atoms with E-state index in [9.17, 15) is 19.5 Å². The molecule has 0 saturated heterocycles. The third-order valence-electron chi connectivity index (χ3n) is 2.67. The molecule has 2 amide bonds. The number of carbonyl (C=O) groups excluding carboxylic acids is 3. The van der Waals surface area contributed by atoms with Gasteiger partial charge in [0, 0.05) is 25.6 Å². The minimum atomic E-state index is -0.630. The van der Waals surface area contributed by atoms with Gasteiger partial charge in [-0.2, -0.15) is 0 Å². The van der Waals surface area contributed by atoms with Crippen LogP contribution in [0.4, 0.5) is 0 Å². The lowest BCUT2D eigenvalue weighted by Crippen LogP contribution is -2.28.